The summed E-state index contributed by atoms with van der Waals surface area (Å²) < 4.78 is 1.49. The summed E-state index contributed by atoms with van der Waals surface area (Å²) >= 11 is 0. The zero-order chi connectivity index (χ0) is 16.0. The van der Waals surface area contributed by atoms with Crippen LogP contribution in [0.25, 0.3) is 5.69 Å². The highest BCUT2D eigenvalue weighted by atomic mass is 16.1. The second-order valence-corrected chi connectivity index (χ2v) is 6.82. The fourth-order valence-electron chi connectivity index (χ4n) is 3.70. The van der Waals surface area contributed by atoms with Gasteiger partial charge in [0.1, 0.15) is 5.82 Å². The van der Waals surface area contributed by atoms with Gasteiger partial charge >= 0.3 is 5.69 Å². The maximum atomic E-state index is 11.9. The van der Waals surface area contributed by atoms with E-state index in [0.29, 0.717) is 11.5 Å². The third-order valence-corrected chi connectivity index (χ3v) is 5.26. The minimum Gasteiger partial charge on any atom is -0.383 e. The van der Waals surface area contributed by atoms with Crippen LogP contribution in [0.5, 0.6) is 0 Å². The Morgan fingerprint density at radius 1 is 1.22 bits per heavy atom. The highest BCUT2D eigenvalue weighted by Crippen LogP contribution is 2.47. The molecule has 1 aromatic carbocycles. The molecule has 0 amide bonds. The Labute approximate surface area is 134 Å². The molecule has 1 atom stereocenters. The summed E-state index contributed by atoms with van der Waals surface area (Å²) in [5, 5.41) is 0. The van der Waals surface area contributed by atoms with Crippen molar-refractivity contribution >= 4 is 5.82 Å². The Balaban J connectivity index is 1.43. The standard InChI is InChI=1S/C17H21N5O/c18-14-5-7-17(14)10-21(11-17)9-12-1-3-13(4-2-12)22-8-6-15(19)20-16(22)23/h1-4,6,8,14H,5,7,9-11,18H2,(H2,19,20,23). The van der Waals surface area contributed by atoms with Crippen molar-refractivity contribution in [3.63, 3.8) is 0 Å². The van der Waals surface area contributed by atoms with Crippen molar-refractivity contribution in [2.45, 2.75) is 25.4 Å². The summed E-state index contributed by atoms with van der Waals surface area (Å²) in [6, 6.07) is 10.0. The highest BCUT2D eigenvalue weighted by molar-refractivity contribution is 5.36. The third-order valence-electron chi connectivity index (χ3n) is 5.26. The van der Waals surface area contributed by atoms with Crippen LogP contribution in [0.3, 0.4) is 0 Å². The predicted molar refractivity (Wildman–Crippen MR) is 89.2 cm³/mol. The smallest absolute Gasteiger partial charge is 0.354 e. The highest BCUT2D eigenvalue weighted by Gasteiger charge is 2.52. The first-order chi connectivity index (χ1) is 11.1. The zero-order valence-electron chi connectivity index (χ0n) is 13.0. The van der Waals surface area contributed by atoms with Crippen molar-refractivity contribution < 1.29 is 0 Å². The van der Waals surface area contributed by atoms with E-state index in [1.165, 1.54) is 23.0 Å². The van der Waals surface area contributed by atoms with Crippen LogP contribution in [0.1, 0.15) is 18.4 Å². The van der Waals surface area contributed by atoms with Crippen molar-refractivity contribution in [1.82, 2.24) is 14.5 Å². The minimum atomic E-state index is -0.360. The number of aromatic nitrogens is 2. The largest absolute Gasteiger partial charge is 0.383 e. The minimum absolute atomic E-state index is 0.240. The predicted octanol–water partition coefficient (Wildman–Crippen LogP) is 0.738. The third kappa shape index (κ3) is 2.44. The first kappa shape index (κ1) is 14.4. The molecule has 1 saturated carbocycles. The van der Waals surface area contributed by atoms with Gasteiger partial charge < -0.3 is 11.5 Å². The van der Waals surface area contributed by atoms with Crippen LogP contribution in [0.4, 0.5) is 5.82 Å². The maximum absolute atomic E-state index is 11.9. The van der Waals surface area contributed by atoms with Gasteiger partial charge in [-0.3, -0.25) is 9.47 Å². The number of benzene rings is 1. The van der Waals surface area contributed by atoms with Crippen LogP contribution in [-0.2, 0) is 6.54 Å². The SMILES string of the molecule is Nc1ccn(-c2ccc(CN3CC4(CCC4N)C3)cc2)c(=O)n1. The van der Waals surface area contributed by atoms with Crippen LogP contribution in [-0.4, -0.2) is 33.6 Å². The number of hydrogen-bond acceptors (Lipinski definition) is 5. The van der Waals surface area contributed by atoms with Gasteiger partial charge in [-0.2, -0.15) is 4.98 Å². The van der Waals surface area contributed by atoms with Gasteiger partial charge in [0, 0.05) is 37.3 Å². The van der Waals surface area contributed by atoms with E-state index in [4.69, 9.17) is 11.5 Å². The molecule has 6 nitrogen and oxygen atoms in total. The average molecular weight is 311 g/mol. The Morgan fingerprint density at radius 2 is 1.96 bits per heavy atom. The molecule has 4 N–H and O–H groups in total. The molecular weight excluding hydrogens is 290 g/mol. The van der Waals surface area contributed by atoms with E-state index in [1.807, 2.05) is 12.1 Å². The lowest BCUT2D eigenvalue weighted by molar-refractivity contribution is -0.0820. The Bertz CT molecular complexity index is 776. The van der Waals surface area contributed by atoms with E-state index >= 15 is 0 Å². The number of likely N-dealkylation sites (tertiary alicyclic amines) is 1. The average Bonchev–Trinajstić information content (AvgIpc) is 2.49. The summed E-state index contributed by atoms with van der Waals surface area (Å²) in [6.45, 7) is 3.15. The van der Waals surface area contributed by atoms with E-state index in [1.54, 1.807) is 12.3 Å². The number of rotatable bonds is 3. The molecule has 120 valence electrons. The first-order valence-electron chi connectivity index (χ1n) is 7.98. The molecule has 4 rings (SSSR count). The molecule has 2 fully saturated rings. The van der Waals surface area contributed by atoms with Crippen LogP contribution >= 0.6 is 0 Å². The van der Waals surface area contributed by atoms with Gasteiger partial charge in [-0.15, -0.1) is 0 Å². The van der Waals surface area contributed by atoms with Gasteiger partial charge in [-0.1, -0.05) is 12.1 Å². The second kappa shape index (κ2) is 5.18. The molecule has 2 aliphatic rings. The summed E-state index contributed by atoms with van der Waals surface area (Å²) in [4.78, 5) is 18.0. The monoisotopic (exact) mass is 311 g/mol. The fourth-order valence-corrected chi connectivity index (χ4v) is 3.70. The second-order valence-electron chi connectivity index (χ2n) is 6.82. The first-order valence-corrected chi connectivity index (χ1v) is 7.98. The lowest BCUT2D eigenvalue weighted by Gasteiger charge is -2.59. The number of nitrogens with two attached hydrogens (primary N) is 2. The van der Waals surface area contributed by atoms with Crippen molar-refractivity contribution in [2.75, 3.05) is 18.8 Å². The summed E-state index contributed by atoms with van der Waals surface area (Å²) in [5.41, 5.74) is 13.7. The lowest BCUT2D eigenvalue weighted by atomic mass is 9.60. The number of nitrogen functional groups attached to an aromatic ring is 1. The van der Waals surface area contributed by atoms with Crippen molar-refractivity contribution in [3.8, 4) is 5.69 Å². The maximum Gasteiger partial charge on any atom is 0.354 e. The zero-order valence-corrected chi connectivity index (χ0v) is 13.0. The normalized spacial score (nSPS) is 22.6. The summed E-state index contributed by atoms with van der Waals surface area (Å²) in [7, 11) is 0. The van der Waals surface area contributed by atoms with Crippen LogP contribution in [0.2, 0.25) is 0 Å². The van der Waals surface area contributed by atoms with Crippen LogP contribution < -0.4 is 17.2 Å². The van der Waals surface area contributed by atoms with Gasteiger partial charge in [-0.05, 0) is 36.6 Å². The van der Waals surface area contributed by atoms with E-state index in [2.05, 4.69) is 22.0 Å². The summed E-state index contributed by atoms with van der Waals surface area (Å²) in [5.74, 6) is 0.240. The van der Waals surface area contributed by atoms with Gasteiger partial charge in [0.05, 0.1) is 5.69 Å². The van der Waals surface area contributed by atoms with E-state index < -0.39 is 0 Å². The topological polar surface area (TPSA) is 90.2 Å². The Morgan fingerprint density at radius 3 is 2.52 bits per heavy atom. The number of anilines is 1. The van der Waals surface area contributed by atoms with Crippen LogP contribution in [0.15, 0.2) is 41.3 Å². The van der Waals surface area contributed by atoms with Crippen molar-refractivity contribution in [2.24, 2.45) is 11.1 Å². The Kier molecular flexibility index (Phi) is 3.25. The molecule has 1 saturated heterocycles. The number of hydrogen-bond donors (Lipinski definition) is 2. The quantitative estimate of drug-likeness (QED) is 0.872. The molecule has 23 heavy (non-hydrogen) atoms. The van der Waals surface area contributed by atoms with Gasteiger partial charge in [0.2, 0.25) is 0 Å². The fraction of sp³-hybridized carbons (Fsp3) is 0.412. The summed E-state index contributed by atoms with van der Waals surface area (Å²) in [6.07, 6.45) is 4.10. The molecule has 1 spiro atoms. The van der Waals surface area contributed by atoms with Gasteiger partial charge in [0.15, 0.2) is 0 Å². The van der Waals surface area contributed by atoms with E-state index in [9.17, 15) is 4.79 Å². The van der Waals surface area contributed by atoms with E-state index in [-0.39, 0.29) is 11.5 Å². The molecular formula is C17H21N5O. The molecule has 1 aliphatic carbocycles. The van der Waals surface area contributed by atoms with Crippen molar-refractivity contribution in [3.05, 3.63) is 52.6 Å². The molecule has 1 unspecified atom stereocenters. The molecule has 6 heteroatoms. The number of nitrogens with zero attached hydrogens (tertiary/aromatic N) is 3. The molecule has 1 aromatic heterocycles. The molecule has 2 aromatic rings. The molecule has 0 bridgehead atoms. The van der Waals surface area contributed by atoms with E-state index in [0.717, 1.165) is 25.3 Å². The molecule has 2 heterocycles. The lowest BCUT2D eigenvalue weighted by Crippen LogP contribution is -2.68. The van der Waals surface area contributed by atoms with Crippen molar-refractivity contribution in [1.29, 1.82) is 0 Å². The van der Waals surface area contributed by atoms with Gasteiger partial charge in [0.25, 0.3) is 0 Å². The Hall–Kier alpha value is -2.18. The van der Waals surface area contributed by atoms with Crippen LogP contribution in [0, 0.1) is 5.41 Å². The molecule has 1 aliphatic heterocycles. The molecule has 0 radical (unpaired) electrons. The van der Waals surface area contributed by atoms with Gasteiger partial charge in [-0.25, -0.2) is 4.79 Å².